The first-order valence-electron chi connectivity index (χ1n) is 6.55. The van der Waals surface area contributed by atoms with Crippen molar-refractivity contribution in [2.45, 2.75) is 25.8 Å². The second-order valence-electron chi connectivity index (χ2n) is 4.82. The van der Waals surface area contributed by atoms with Crippen LogP contribution < -0.4 is 10.00 Å². The van der Waals surface area contributed by atoms with Gasteiger partial charge in [-0.05, 0) is 31.9 Å². The van der Waals surface area contributed by atoms with E-state index in [9.17, 15) is 10.1 Å². The standard InChI is InChI=1S/C14H15N5O2S/c1-8-9(2)11(5-15)14(16-10(8)3)22-7-12(20)17-13-6-19(4)18-21-13/h6H,7H2,1-4H3/p+1. The van der Waals surface area contributed by atoms with Gasteiger partial charge < -0.3 is 0 Å². The molecule has 0 bridgehead atoms. The lowest BCUT2D eigenvalue weighted by Gasteiger charge is -2.10. The number of rotatable bonds is 4. The number of hydrogen-bond acceptors (Lipinski definition) is 6. The maximum atomic E-state index is 11.9. The number of nitrogens with zero attached hydrogens (tertiary/aromatic N) is 4. The molecule has 1 amide bonds. The summed E-state index contributed by atoms with van der Waals surface area (Å²) in [6, 6.07) is 2.16. The van der Waals surface area contributed by atoms with Gasteiger partial charge in [0.2, 0.25) is 5.91 Å². The number of hydrogen-bond donors (Lipinski definition) is 1. The predicted octanol–water partition coefficient (Wildman–Crippen LogP) is 1.42. The third-order valence-electron chi connectivity index (χ3n) is 3.25. The fourth-order valence-electron chi connectivity index (χ4n) is 1.84. The van der Waals surface area contributed by atoms with Gasteiger partial charge in [-0.25, -0.2) is 4.98 Å². The van der Waals surface area contributed by atoms with Gasteiger partial charge in [0.1, 0.15) is 11.1 Å². The number of carbonyl (C=O) groups is 1. The molecule has 0 aliphatic carbocycles. The van der Waals surface area contributed by atoms with E-state index in [4.69, 9.17) is 4.52 Å². The van der Waals surface area contributed by atoms with Crippen LogP contribution in [0.2, 0.25) is 0 Å². The first-order chi connectivity index (χ1) is 10.4. The summed E-state index contributed by atoms with van der Waals surface area (Å²) >= 11 is 1.23. The summed E-state index contributed by atoms with van der Waals surface area (Å²) < 4.78 is 6.34. The Kier molecular flexibility index (Phi) is 4.78. The molecule has 2 heterocycles. The van der Waals surface area contributed by atoms with Crippen LogP contribution in [0.5, 0.6) is 0 Å². The van der Waals surface area contributed by atoms with Crippen molar-refractivity contribution in [3.63, 3.8) is 0 Å². The topological polar surface area (TPSA) is 95.7 Å². The van der Waals surface area contributed by atoms with Crippen molar-refractivity contribution in [3.8, 4) is 6.07 Å². The molecule has 0 unspecified atom stereocenters. The Balaban J connectivity index is 2.08. The Morgan fingerprint density at radius 1 is 1.45 bits per heavy atom. The molecule has 22 heavy (non-hydrogen) atoms. The van der Waals surface area contributed by atoms with E-state index in [0.717, 1.165) is 16.8 Å². The van der Waals surface area contributed by atoms with Crippen LogP contribution in [-0.2, 0) is 11.8 Å². The molecule has 0 saturated heterocycles. The summed E-state index contributed by atoms with van der Waals surface area (Å²) in [5.74, 6) is 0.162. The summed E-state index contributed by atoms with van der Waals surface area (Å²) in [6.45, 7) is 5.72. The minimum absolute atomic E-state index is 0.133. The molecule has 2 rings (SSSR count). The van der Waals surface area contributed by atoms with Crippen molar-refractivity contribution in [2.75, 3.05) is 11.1 Å². The second-order valence-corrected chi connectivity index (χ2v) is 5.78. The second kappa shape index (κ2) is 6.58. The van der Waals surface area contributed by atoms with Crippen molar-refractivity contribution in [1.29, 1.82) is 5.26 Å². The number of anilines is 1. The smallest absolute Gasteiger partial charge is 0.288 e. The summed E-state index contributed by atoms with van der Waals surface area (Å²) in [4.78, 5) is 16.3. The molecule has 1 N–H and O–H groups in total. The van der Waals surface area contributed by atoms with Crippen LogP contribution in [-0.4, -0.2) is 21.9 Å². The van der Waals surface area contributed by atoms with Crippen molar-refractivity contribution < 1.29 is 14.0 Å². The van der Waals surface area contributed by atoms with Crippen LogP contribution in [0.4, 0.5) is 5.88 Å². The van der Waals surface area contributed by atoms with E-state index in [0.29, 0.717) is 10.6 Å². The van der Waals surface area contributed by atoms with Crippen molar-refractivity contribution in [2.24, 2.45) is 7.05 Å². The fraction of sp³-hybridized carbons (Fsp3) is 0.357. The molecule has 2 aromatic heterocycles. The first kappa shape index (κ1) is 16.0. The highest BCUT2D eigenvalue weighted by Crippen LogP contribution is 2.26. The highest BCUT2D eigenvalue weighted by atomic mass is 32.2. The summed E-state index contributed by atoms with van der Waals surface area (Å²) in [7, 11) is 1.69. The summed E-state index contributed by atoms with van der Waals surface area (Å²) in [6.07, 6.45) is 1.56. The normalized spacial score (nSPS) is 10.3. The molecule has 0 aliphatic rings. The number of pyridine rings is 1. The molecule has 0 saturated carbocycles. The van der Waals surface area contributed by atoms with Gasteiger partial charge in [0, 0.05) is 5.69 Å². The van der Waals surface area contributed by atoms with Crippen LogP contribution in [0.3, 0.4) is 0 Å². The number of nitriles is 1. The number of amides is 1. The monoisotopic (exact) mass is 318 g/mol. The van der Waals surface area contributed by atoms with Gasteiger partial charge in [0.25, 0.3) is 6.20 Å². The number of aryl methyl sites for hydroxylation is 2. The van der Waals surface area contributed by atoms with Crippen LogP contribution in [0, 0.1) is 32.1 Å². The molecule has 0 spiro atoms. The Morgan fingerprint density at radius 3 is 2.77 bits per heavy atom. The van der Waals surface area contributed by atoms with Gasteiger partial charge >= 0.3 is 5.88 Å². The highest BCUT2D eigenvalue weighted by molar-refractivity contribution is 8.00. The molecular formula is C14H16N5O2S+. The zero-order valence-electron chi connectivity index (χ0n) is 12.8. The Hall–Kier alpha value is -2.40. The third kappa shape index (κ3) is 3.43. The van der Waals surface area contributed by atoms with Crippen LogP contribution in [0.1, 0.15) is 22.4 Å². The molecule has 7 nitrogen and oxygen atoms in total. The lowest BCUT2D eigenvalue weighted by molar-refractivity contribution is -0.739. The molecular weight excluding hydrogens is 302 g/mol. The first-order valence-corrected chi connectivity index (χ1v) is 7.54. The zero-order valence-corrected chi connectivity index (χ0v) is 13.6. The Morgan fingerprint density at radius 2 is 2.18 bits per heavy atom. The van der Waals surface area contributed by atoms with Crippen molar-refractivity contribution >= 4 is 23.6 Å². The van der Waals surface area contributed by atoms with E-state index in [1.807, 2.05) is 20.8 Å². The van der Waals surface area contributed by atoms with Crippen LogP contribution in [0.15, 0.2) is 15.7 Å². The molecule has 8 heteroatoms. The maximum absolute atomic E-state index is 11.9. The SMILES string of the molecule is Cc1nc(SCC(=O)Nc2c[n+](C)no2)c(C#N)c(C)c1C. The predicted molar refractivity (Wildman–Crippen MR) is 80.2 cm³/mol. The van der Waals surface area contributed by atoms with E-state index >= 15 is 0 Å². The number of carbonyl (C=O) groups excluding carboxylic acids is 1. The molecule has 2 aromatic rings. The quantitative estimate of drug-likeness (QED) is 0.676. The molecule has 0 aromatic carbocycles. The van der Waals surface area contributed by atoms with E-state index in [1.54, 1.807) is 13.2 Å². The molecule has 114 valence electrons. The van der Waals surface area contributed by atoms with Gasteiger partial charge in [-0.15, -0.1) is 0 Å². The van der Waals surface area contributed by atoms with Crippen molar-refractivity contribution in [3.05, 3.63) is 28.6 Å². The van der Waals surface area contributed by atoms with Gasteiger partial charge in [-0.3, -0.25) is 14.6 Å². The Bertz CT molecular complexity index is 763. The molecule has 0 atom stereocenters. The van der Waals surface area contributed by atoms with Crippen LogP contribution >= 0.6 is 11.8 Å². The number of thioether (sulfide) groups is 1. The maximum Gasteiger partial charge on any atom is 0.302 e. The average molecular weight is 318 g/mol. The fourth-order valence-corrected chi connectivity index (χ4v) is 2.72. The van der Waals surface area contributed by atoms with Gasteiger partial charge in [-0.2, -0.15) is 5.26 Å². The van der Waals surface area contributed by atoms with E-state index < -0.39 is 0 Å². The lowest BCUT2D eigenvalue weighted by Crippen LogP contribution is -2.28. The lowest BCUT2D eigenvalue weighted by atomic mass is 10.1. The van der Waals surface area contributed by atoms with Gasteiger partial charge in [-0.1, -0.05) is 16.4 Å². The molecule has 0 radical (unpaired) electrons. The third-order valence-corrected chi connectivity index (χ3v) is 4.23. The molecule has 0 fully saturated rings. The minimum atomic E-state index is -0.247. The Labute approximate surface area is 132 Å². The summed E-state index contributed by atoms with van der Waals surface area (Å²) in [5.41, 5.74) is 3.29. The van der Waals surface area contributed by atoms with Gasteiger partial charge in [0.15, 0.2) is 12.3 Å². The minimum Gasteiger partial charge on any atom is -0.288 e. The van der Waals surface area contributed by atoms with Gasteiger partial charge in [0.05, 0.1) is 11.3 Å². The van der Waals surface area contributed by atoms with E-state index in [2.05, 4.69) is 21.6 Å². The van der Waals surface area contributed by atoms with E-state index in [-0.39, 0.29) is 17.5 Å². The van der Waals surface area contributed by atoms with E-state index in [1.165, 1.54) is 16.4 Å². The summed E-state index contributed by atoms with van der Waals surface area (Å²) in [5, 5.41) is 16.1. The van der Waals surface area contributed by atoms with Crippen LogP contribution in [0.25, 0.3) is 0 Å². The number of nitrogens with one attached hydrogen (secondary N) is 1. The zero-order chi connectivity index (χ0) is 16.3. The highest BCUT2D eigenvalue weighted by Gasteiger charge is 2.16. The average Bonchev–Trinajstić information content (AvgIpc) is 2.88. The largest absolute Gasteiger partial charge is 0.302 e. The number of aromatic nitrogens is 3. The molecule has 0 aliphatic heterocycles. The van der Waals surface area contributed by atoms with Crippen molar-refractivity contribution in [1.82, 2.24) is 10.3 Å².